The summed E-state index contributed by atoms with van der Waals surface area (Å²) in [5.41, 5.74) is 9.69. The Morgan fingerprint density at radius 2 is 1.54 bits per heavy atom. The number of benzene rings is 3. The molecule has 0 radical (unpaired) electrons. The van der Waals surface area contributed by atoms with E-state index in [-0.39, 0.29) is 44.1 Å². The quantitative estimate of drug-likeness (QED) is 0.231. The molecule has 0 aliphatic heterocycles. The van der Waals surface area contributed by atoms with Crippen LogP contribution in [0, 0.1) is 26.7 Å². The number of fused-ring (bicyclic) bond motifs is 3. The number of aliphatic carboxylic acids is 1. The Morgan fingerprint density at radius 3 is 2.24 bits per heavy atom. The van der Waals surface area contributed by atoms with Crippen LogP contribution in [0.15, 0.2) is 60.7 Å². The van der Waals surface area contributed by atoms with Crippen molar-refractivity contribution in [2.75, 3.05) is 19.8 Å². The molecule has 0 bridgehead atoms. The Kier molecular flexibility index (Phi) is 8.33. The molecule has 5 rings (SSSR count). The van der Waals surface area contributed by atoms with E-state index in [0.29, 0.717) is 6.61 Å². The summed E-state index contributed by atoms with van der Waals surface area (Å²) in [6.45, 7) is 6.02. The highest BCUT2D eigenvalue weighted by Gasteiger charge is 2.30. The van der Waals surface area contributed by atoms with E-state index in [1.54, 1.807) is 0 Å². The lowest BCUT2D eigenvalue weighted by Gasteiger charge is -2.17. The summed E-state index contributed by atoms with van der Waals surface area (Å²) in [4.78, 5) is 20.6. The van der Waals surface area contributed by atoms with Crippen molar-refractivity contribution >= 4 is 5.97 Å². The van der Waals surface area contributed by atoms with Gasteiger partial charge in [-0.2, -0.15) is 9.97 Å². The van der Waals surface area contributed by atoms with E-state index in [0.717, 1.165) is 61.6 Å². The van der Waals surface area contributed by atoms with Gasteiger partial charge in [0.2, 0.25) is 0 Å². The fourth-order valence-electron chi connectivity index (χ4n) is 5.54. The van der Waals surface area contributed by atoms with E-state index in [1.807, 2.05) is 74.5 Å². The van der Waals surface area contributed by atoms with Crippen LogP contribution in [0.3, 0.4) is 0 Å². The highest BCUT2D eigenvalue weighted by Crippen LogP contribution is 2.47. The van der Waals surface area contributed by atoms with Crippen molar-refractivity contribution in [3.05, 3.63) is 94.3 Å². The zero-order valence-electron chi connectivity index (χ0n) is 23.4. The summed E-state index contributed by atoms with van der Waals surface area (Å²) in [6.07, 6.45) is 0.0533. The van der Waals surface area contributed by atoms with Gasteiger partial charge in [-0.15, -0.1) is 0 Å². The first-order valence-corrected chi connectivity index (χ1v) is 13.7. The van der Waals surface area contributed by atoms with E-state index in [4.69, 9.17) is 9.47 Å². The van der Waals surface area contributed by atoms with Crippen molar-refractivity contribution in [2.45, 2.75) is 39.7 Å². The number of aliphatic hydroxyl groups excluding tert-OH is 2. The molecule has 1 heterocycles. The fourth-order valence-corrected chi connectivity index (χ4v) is 5.54. The number of nitrogens with zero attached hydrogens (tertiary/aromatic N) is 2. The molecular weight excluding hydrogens is 520 g/mol. The molecule has 0 saturated heterocycles. The van der Waals surface area contributed by atoms with Crippen molar-refractivity contribution in [3.63, 3.8) is 0 Å². The first-order chi connectivity index (χ1) is 19.8. The van der Waals surface area contributed by atoms with Crippen LogP contribution in [0.2, 0.25) is 0 Å². The van der Waals surface area contributed by atoms with Gasteiger partial charge in [0, 0.05) is 17.4 Å². The maximum Gasteiger partial charge on any atom is 0.316 e. The minimum Gasteiger partial charge on any atom is -0.489 e. The van der Waals surface area contributed by atoms with Gasteiger partial charge in [0.1, 0.15) is 12.4 Å². The van der Waals surface area contributed by atoms with Gasteiger partial charge < -0.3 is 24.8 Å². The predicted octanol–water partition coefficient (Wildman–Crippen LogP) is 5.21. The lowest BCUT2D eigenvalue weighted by atomic mass is 9.94. The number of carboxylic acids is 1. The van der Waals surface area contributed by atoms with Gasteiger partial charge in [-0.05, 0) is 71.8 Å². The number of carbonyl (C=O) groups is 1. The molecule has 4 aromatic rings. The van der Waals surface area contributed by atoms with Gasteiger partial charge in [0.05, 0.1) is 37.6 Å². The lowest BCUT2D eigenvalue weighted by molar-refractivity contribution is -0.137. The van der Waals surface area contributed by atoms with Crippen LogP contribution in [0.25, 0.3) is 22.3 Å². The second-order valence-electron chi connectivity index (χ2n) is 10.5. The molecular formula is C33H34N2O6. The van der Waals surface area contributed by atoms with Crippen molar-refractivity contribution < 1.29 is 29.6 Å². The van der Waals surface area contributed by atoms with E-state index in [1.165, 1.54) is 0 Å². The van der Waals surface area contributed by atoms with Crippen molar-refractivity contribution in [1.82, 2.24) is 9.97 Å². The number of hydrogen-bond acceptors (Lipinski definition) is 7. The van der Waals surface area contributed by atoms with Gasteiger partial charge in [-0.3, -0.25) is 4.79 Å². The predicted molar refractivity (Wildman–Crippen MR) is 155 cm³/mol. The fraction of sp³-hybridized carbons (Fsp3) is 0.303. The topological polar surface area (TPSA) is 122 Å². The third-order valence-electron chi connectivity index (χ3n) is 7.73. The Morgan fingerprint density at radius 1 is 0.854 bits per heavy atom. The average molecular weight is 555 g/mol. The van der Waals surface area contributed by atoms with Gasteiger partial charge in [0.25, 0.3) is 0 Å². The monoisotopic (exact) mass is 554 g/mol. The number of hydrogen-bond donors (Lipinski definition) is 3. The maximum absolute atomic E-state index is 11.5. The van der Waals surface area contributed by atoms with E-state index >= 15 is 0 Å². The molecule has 1 aromatic heterocycles. The van der Waals surface area contributed by atoms with E-state index in [9.17, 15) is 20.1 Å². The van der Waals surface area contributed by atoms with Crippen molar-refractivity contribution in [3.8, 4) is 34.0 Å². The van der Waals surface area contributed by atoms with Crippen LogP contribution >= 0.6 is 0 Å². The third-order valence-corrected chi connectivity index (χ3v) is 7.73. The molecule has 0 fully saturated rings. The molecule has 1 unspecified atom stereocenters. The SMILES string of the molecule is Cc1nc(OCC(CO)CO)nc(C)c1-c1cccc(COc2ccc3c(c2)-c2ccccc2C3CC(=O)O)c1C. The molecule has 1 aliphatic rings. The van der Waals surface area contributed by atoms with Gasteiger partial charge >= 0.3 is 12.0 Å². The maximum atomic E-state index is 11.5. The third kappa shape index (κ3) is 5.80. The van der Waals surface area contributed by atoms with Crippen LogP contribution in [0.5, 0.6) is 11.8 Å². The standard InChI is InChI=1S/C33H34N2O6/c1-19-23(7-6-10-25(19)32-20(2)34-33(35-21(32)3)41-17-22(15-36)16-37)18-40-24-11-12-28-29(13-24)26-8-4-5-9-27(26)30(28)14-31(38)39/h4-13,22,30,36-37H,14-18H2,1-3H3,(H,38,39). The molecule has 0 spiro atoms. The average Bonchev–Trinajstić information content (AvgIpc) is 3.26. The summed E-state index contributed by atoms with van der Waals surface area (Å²) >= 11 is 0. The molecule has 1 atom stereocenters. The highest BCUT2D eigenvalue weighted by molar-refractivity contribution is 5.82. The number of aryl methyl sites for hydroxylation is 2. The molecule has 3 N–H and O–H groups in total. The van der Waals surface area contributed by atoms with Crippen LogP contribution in [-0.2, 0) is 11.4 Å². The molecule has 0 saturated carbocycles. The van der Waals surface area contributed by atoms with Crippen LogP contribution in [0.4, 0.5) is 0 Å². The van der Waals surface area contributed by atoms with E-state index in [2.05, 4.69) is 16.9 Å². The van der Waals surface area contributed by atoms with Gasteiger partial charge in [-0.1, -0.05) is 48.5 Å². The number of aliphatic hydroxyl groups is 2. The second kappa shape index (κ2) is 12.1. The first-order valence-electron chi connectivity index (χ1n) is 13.7. The van der Waals surface area contributed by atoms with E-state index < -0.39 is 5.97 Å². The molecule has 41 heavy (non-hydrogen) atoms. The summed E-state index contributed by atoms with van der Waals surface area (Å²) in [5, 5.41) is 28.1. The van der Waals surface area contributed by atoms with Crippen molar-refractivity contribution in [1.29, 1.82) is 0 Å². The summed E-state index contributed by atoms with van der Waals surface area (Å²) in [7, 11) is 0. The Bertz CT molecular complexity index is 1560. The Hall–Kier alpha value is -4.27. The summed E-state index contributed by atoms with van der Waals surface area (Å²) < 4.78 is 11.9. The minimum absolute atomic E-state index is 0.0533. The molecule has 1 aliphatic carbocycles. The number of aromatic nitrogens is 2. The van der Waals surface area contributed by atoms with Crippen LogP contribution in [-0.4, -0.2) is 51.1 Å². The Labute approximate surface area is 239 Å². The zero-order chi connectivity index (χ0) is 29.1. The second-order valence-corrected chi connectivity index (χ2v) is 10.5. The lowest BCUT2D eigenvalue weighted by Crippen LogP contribution is -2.20. The smallest absolute Gasteiger partial charge is 0.316 e. The molecule has 8 heteroatoms. The minimum atomic E-state index is -0.816. The number of rotatable bonds is 11. The first kappa shape index (κ1) is 28.3. The highest BCUT2D eigenvalue weighted by atomic mass is 16.5. The van der Waals surface area contributed by atoms with Gasteiger partial charge in [-0.25, -0.2) is 0 Å². The molecule has 0 amide bonds. The summed E-state index contributed by atoms with van der Waals surface area (Å²) in [6, 6.07) is 20.2. The van der Waals surface area contributed by atoms with Crippen LogP contribution in [0.1, 0.15) is 46.0 Å². The summed E-state index contributed by atoms with van der Waals surface area (Å²) in [5.74, 6) is -0.642. The molecule has 3 aromatic carbocycles. The largest absolute Gasteiger partial charge is 0.489 e. The molecule has 8 nitrogen and oxygen atoms in total. The van der Waals surface area contributed by atoms with Gasteiger partial charge in [0.15, 0.2) is 0 Å². The number of carboxylic acid groups (broad SMARTS) is 1. The van der Waals surface area contributed by atoms with Crippen LogP contribution < -0.4 is 9.47 Å². The normalized spacial score (nSPS) is 13.7. The molecule has 212 valence electrons. The number of ether oxygens (including phenoxy) is 2. The Balaban J connectivity index is 1.36. The zero-order valence-corrected chi connectivity index (χ0v) is 23.4. The van der Waals surface area contributed by atoms with Crippen molar-refractivity contribution in [2.24, 2.45) is 5.92 Å².